The summed E-state index contributed by atoms with van der Waals surface area (Å²) in [7, 11) is 0. The number of halogens is 3. The van der Waals surface area contributed by atoms with E-state index >= 15 is 8.78 Å². The number of aromatic nitrogens is 3. The number of piperidine rings is 1. The fourth-order valence-electron chi connectivity index (χ4n) is 7.73. The number of likely N-dealkylation sites (tertiary alicyclic amines) is 1. The van der Waals surface area contributed by atoms with Gasteiger partial charge in [-0.3, -0.25) is 15.1 Å². The SMILES string of the molecule is C[C@@H](CN1CCCCC1)Oc1nc(N2CC3CCC(C2)N3C(=O)OC(C)(C)C)c2cc(Cl)c(-c3ccc(F)c4sc(NC(=O)OC(C)(C)C)nc34)c(F)c2n1. The summed E-state index contributed by atoms with van der Waals surface area (Å²) in [6, 6.07) is 3.99. The van der Waals surface area contributed by atoms with Crippen LogP contribution in [0.2, 0.25) is 5.02 Å². The lowest BCUT2D eigenvalue weighted by Gasteiger charge is -2.42. The largest absolute Gasteiger partial charge is 0.459 e. The first-order chi connectivity index (χ1) is 25.9. The Kier molecular flexibility index (Phi) is 10.8. The average molecular weight is 800 g/mol. The van der Waals surface area contributed by atoms with Gasteiger partial charge in [-0.25, -0.2) is 23.4 Å². The van der Waals surface area contributed by atoms with Gasteiger partial charge in [0.25, 0.3) is 0 Å². The summed E-state index contributed by atoms with van der Waals surface area (Å²) in [6.45, 7) is 16.2. The van der Waals surface area contributed by atoms with Crippen molar-refractivity contribution in [1.82, 2.24) is 24.8 Å². The molecule has 0 saturated carbocycles. The zero-order chi connectivity index (χ0) is 39.4. The Morgan fingerprint density at radius 2 is 1.64 bits per heavy atom. The molecule has 3 aliphatic rings. The number of hydrogen-bond acceptors (Lipinski definition) is 11. The number of piperazine rings is 1. The number of hydrogen-bond donors (Lipinski definition) is 1. The molecule has 0 spiro atoms. The molecule has 2 aromatic heterocycles. The van der Waals surface area contributed by atoms with Crippen LogP contribution in [0.15, 0.2) is 18.2 Å². The number of rotatable bonds is 7. The second-order valence-corrected chi connectivity index (χ2v) is 18.1. The fourth-order valence-corrected chi connectivity index (χ4v) is 8.91. The highest BCUT2D eigenvalue weighted by molar-refractivity contribution is 7.22. The van der Waals surface area contributed by atoms with Gasteiger partial charge >= 0.3 is 18.2 Å². The van der Waals surface area contributed by atoms with Crippen molar-refractivity contribution < 1.29 is 32.6 Å². The molecule has 4 aromatic rings. The van der Waals surface area contributed by atoms with Crippen molar-refractivity contribution in [3.8, 4) is 17.1 Å². The van der Waals surface area contributed by atoms with E-state index in [1.54, 1.807) is 26.8 Å². The van der Waals surface area contributed by atoms with Crippen LogP contribution in [0.25, 0.3) is 32.2 Å². The monoisotopic (exact) mass is 799 g/mol. The topological polar surface area (TPSA) is 122 Å². The minimum atomic E-state index is -0.765. The molecule has 7 rings (SSSR count). The van der Waals surface area contributed by atoms with E-state index in [0.29, 0.717) is 30.8 Å². The summed E-state index contributed by atoms with van der Waals surface area (Å²) >= 11 is 7.86. The predicted molar refractivity (Wildman–Crippen MR) is 210 cm³/mol. The summed E-state index contributed by atoms with van der Waals surface area (Å²) in [5.41, 5.74) is -1.11. The Bertz CT molecular complexity index is 2100. The van der Waals surface area contributed by atoms with Gasteiger partial charge in [-0.15, -0.1) is 0 Å². The number of amides is 2. The molecular weight excluding hydrogens is 752 g/mol. The van der Waals surface area contributed by atoms with Crippen molar-refractivity contribution in [2.24, 2.45) is 0 Å². The van der Waals surface area contributed by atoms with Crippen LogP contribution >= 0.6 is 22.9 Å². The molecule has 3 fully saturated rings. The van der Waals surface area contributed by atoms with Gasteiger partial charge in [0.1, 0.15) is 34.5 Å². The summed E-state index contributed by atoms with van der Waals surface area (Å²) < 4.78 is 50.0. The first-order valence-electron chi connectivity index (χ1n) is 18.9. The van der Waals surface area contributed by atoms with E-state index in [-0.39, 0.29) is 67.3 Å². The van der Waals surface area contributed by atoms with E-state index in [0.717, 1.165) is 50.1 Å². The molecule has 2 unspecified atom stereocenters. The van der Waals surface area contributed by atoms with Gasteiger partial charge in [0.2, 0.25) is 0 Å². The van der Waals surface area contributed by atoms with Crippen LogP contribution in [0.4, 0.5) is 29.3 Å². The third-order valence-electron chi connectivity index (χ3n) is 9.87. The van der Waals surface area contributed by atoms with Crippen molar-refractivity contribution in [2.75, 3.05) is 42.9 Å². The molecular formula is C39H48ClF2N7O5S. The predicted octanol–water partition coefficient (Wildman–Crippen LogP) is 9.03. The van der Waals surface area contributed by atoms with Crippen LogP contribution in [0.5, 0.6) is 6.01 Å². The number of nitrogens with zero attached hydrogens (tertiary/aromatic N) is 6. The Morgan fingerprint density at radius 1 is 0.964 bits per heavy atom. The zero-order valence-corrected chi connectivity index (χ0v) is 33.9. The van der Waals surface area contributed by atoms with E-state index in [1.807, 2.05) is 32.6 Å². The third-order valence-corrected chi connectivity index (χ3v) is 11.1. The van der Waals surface area contributed by atoms with Crippen molar-refractivity contribution in [2.45, 2.75) is 110 Å². The van der Waals surface area contributed by atoms with Crippen LogP contribution in [0.1, 0.15) is 80.6 Å². The molecule has 16 heteroatoms. The quantitative estimate of drug-likeness (QED) is 0.194. The van der Waals surface area contributed by atoms with Crippen molar-refractivity contribution >= 4 is 67.2 Å². The molecule has 2 bridgehead atoms. The second-order valence-electron chi connectivity index (χ2n) is 16.7. The molecule has 1 N–H and O–H groups in total. The molecule has 2 amide bonds. The minimum absolute atomic E-state index is 0.0165. The average Bonchev–Trinajstić information content (AvgIpc) is 3.62. The van der Waals surface area contributed by atoms with Crippen LogP contribution in [-0.4, -0.2) is 99.1 Å². The van der Waals surface area contributed by atoms with Crippen LogP contribution < -0.4 is 15.0 Å². The van der Waals surface area contributed by atoms with Crippen LogP contribution in [0, 0.1) is 11.6 Å². The first-order valence-corrected chi connectivity index (χ1v) is 20.1. The van der Waals surface area contributed by atoms with E-state index in [2.05, 4.69) is 25.1 Å². The van der Waals surface area contributed by atoms with Gasteiger partial charge in [0.15, 0.2) is 10.9 Å². The zero-order valence-electron chi connectivity index (χ0n) is 32.3. The maximum atomic E-state index is 17.2. The number of nitrogens with one attached hydrogen (secondary N) is 1. The molecule has 3 aliphatic heterocycles. The molecule has 3 saturated heterocycles. The molecule has 3 atom stereocenters. The van der Waals surface area contributed by atoms with E-state index in [1.165, 1.54) is 18.6 Å². The van der Waals surface area contributed by atoms with Crippen LogP contribution in [-0.2, 0) is 9.47 Å². The highest BCUT2D eigenvalue weighted by Crippen LogP contribution is 2.44. The standard InChI is InChI=1S/C39H48ClF2N7O5S/c1-21(18-47-15-9-8-10-16-47)52-34-43-30-25(33(45-34)48-19-22-11-12-23(20-48)49(22)37(51)54-39(5,6)7)17-26(40)28(29(30)42)24-13-14-27(41)32-31(24)44-35(55-32)46-36(50)53-38(2,3)4/h13-14,17,21-23H,8-12,15-16,18-20H2,1-7H3,(H,44,46,50)/t21-,22?,23?/m0/s1. The first kappa shape index (κ1) is 39.2. The molecule has 2 aromatic carbocycles. The number of benzene rings is 2. The van der Waals surface area contributed by atoms with Crippen molar-refractivity contribution in [1.29, 1.82) is 0 Å². The number of carbonyl (C=O) groups excluding carboxylic acids is 2. The van der Waals surface area contributed by atoms with Crippen LogP contribution in [0.3, 0.4) is 0 Å². The Morgan fingerprint density at radius 3 is 2.29 bits per heavy atom. The Labute approximate surface area is 328 Å². The number of ether oxygens (including phenoxy) is 3. The molecule has 296 valence electrons. The van der Waals surface area contributed by atoms with E-state index < -0.39 is 28.9 Å². The van der Waals surface area contributed by atoms with Gasteiger partial charge in [-0.2, -0.15) is 9.97 Å². The van der Waals surface area contributed by atoms with Gasteiger partial charge in [-0.1, -0.05) is 29.4 Å². The highest BCUT2D eigenvalue weighted by Gasteiger charge is 2.45. The lowest BCUT2D eigenvalue weighted by molar-refractivity contribution is 0.0122. The molecule has 12 nitrogen and oxygen atoms in total. The van der Waals surface area contributed by atoms with Gasteiger partial charge < -0.3 is 19.1 Å². The molecule has 55 heavy (non-hydrogen) atoms. The maximum absolute atomic E-state index is 17.2. The number of anilines is 2. The van der Waals surface area contributed by atoms with Crippen molar-refractivity contribution in [3.05, 3.63) is 34.9 Å². The summed E-state index contributed by atoms with van der Waals surface area (Å²) in [5.74, 6) is -0.897. The summed E-state index contributed by atoms with van der Waals surface area (Å²) in [4.78, 5) is 46.0. The van der Waals surface area contributed by atoms with Gasteiger partial charge in [0, 0.05) is 36.1 Å². The van der Waals surface area contributed by atoms with E-state index in [4.69, 9.17) is 30.8 Å². The minimum Gasteiger partial charge on any atom is -0.459 e. The number of fused-ring (bicyclic) bond motifs is 4. The summed E-state index contributed by atoms with van der Waals surface area (Å²) in [5, 5.41) is 3.05. The number of thiazole rings is 1. The van der Waals surface area contributed by atoms with Gasteiger partial charge in [0.05, 0.1) is 27.3 Å². The van der Waals surface area contributed by atoms with Gasteiger partial charge in [-0.05, 0) is 105 Å². The third kappa shape index (κ3) is 8.53. The van der Waals surface area contributed by atoms with E-state index in [9.17, 15) is 9.59 Å². The molecule has 0 aliphatic carbocycles. The lowest BCUT2D eigenvalue weighted by Crippen LogP contribution is -2.57. The summed E-state index contributed by atoms with van der Waals surface area (Å²) in [6.07, 6.45) is 3.65. The highest BCUT2D eigenvalue weighted by atomic mass is 35.5. The smallest absolute Gasteiger partial charge is 0.413 e. The Hall–Kier alpha value is -4.08. The lowest BCUT2D eigenvalue weighted by atomic mass is 10.0. The maximum Gasteiger partial charge on any atom is 0.413 e. The number of carbonyl (C=O) groups is 2. The fraction of sp³-hybridized carbons (Fsp3) is 0.564. The molecule has 5 heterocycles. The Balaban J connectivity index is 1.29. The normalized spacial score (nSPS) is 19.9. The molecule has 0 radical (unpaired) electrons. The van der Waals surface area contributed by atoms with Crippen molar-refractivity contribution in [3.63, 3.8) is 0 Å². The second kappa shape index (κ2) is 15.1.